The van der Waals surface area contributed by atoms with Crippen molar-refractivity contribution in [2.75, 3.05) is 6.54 Å². The van der Waals surface area contributed by atoms with Crippen molar-refractivity contribution in [2.45, 2.75) is 64.1 Å². The van der Waals surface area contributed by atoms with Crippen LogP contribution >= 0.6 is 15.9 Å². The number of hydrogen-bond acceptors (Lipinski definition) is 2. The SMILES string of the molecule is CC(C)(C)NC1CCC(NC/C=C/c2ccc(Br)cc2)CC1. The number of nitrogens with one attached hydrogen (secondary N) is 2. The van der Waals surface area contributed by atoms with Crippen LogP contribution < -0.4 is 10.6 Å². The average Bonchev–Trinajstić information content (AvgIpc) is 2.45. The van der Waals surface area contributed by atoms with E-state index in [4.69, 9.17) is 0 Å². The van der Waals surface area contributed by atoms with Gasteiger partial charge in [-0.05, 0) is 64.2 Å². The molecule has 0 atom stereocenters. The predicted molar refractivity (Wildman–Crippen MR) is 100 cm³/mol. The molecule has 0 heterocycles. The molecule has 0 saturated heterocycles. The lowest BCUT2D eigenvalue weighted by Gasteiger charge is -2.34. The molecule has 0 spiro atoms. The Kier molecular flexibility index (Phi) is 6.66. The van der Waals surface area contributed by atoms with Crippen molar-refractivity contribution in [1.82, 2.24) is 10.6 Å². The second kappa shape index (κ2) is 8.28. The van der Waals surface area contributed by atoms with E-state index < -0.39 is 0 Å². The van der Waals surface area contributed by atoms with Gasteiger partial charge >= 0.3 is 0 Å². The van der Waals surface area contributed by atoms with Gasteiger partial charge in [-0.2, -0.15) is 0 Å². The van der Waals surface area contributed by atoms with Crippen LogP contribution in [0.15, 0.2) is 34.8 Å². The van der Waals surface area contributed by atoms with E-state index in [1.807, 2.05) is 0 Å². The fourth-order valence-corrected chi connectivity index (χ4v) is 3.32. The molecule has 0 aliphatic heterocycles. The van der Waals surface area contributed by atoms with Crippen LogP contribution in [0.4, 0.5) is 0 Å². The third kappa shape index (κ3) is 6.64. The number of halogens is 1. The van der Waals surface area contributed by atoms with Gasteiger partial charge in [0, 0.05) is 28.6 Å². The molecular weight excluding hydrogens is 336 g/mol. The molecule has 1 aromatic carbocycles. The van der Waals surface area contributed by atoms with Gasteiger partial charge in [-0.25, -0.2) is 0 Å². The van der Waals surface area contributed by atoms with Gasteiger partial charge in [-0.15, -0.1) is 0 Å². The Hall–Kier alpha value is -0.640. The van der Waals surface area contributed by atoms with Crippen LogP contribution in [0.5, 0.6) is 0 Å². The zero-order valence-corrected chi connectivity index (χ0v) is 15.6. The smallest absolute Gasteiger partial charge is 0.0175 e. The molecule has 1 aliphatic rings. The summed E-state index contributed by atoms with van der Waals surface area (Å²) in [5.74, 6) is 0. The summed E-state index contributed by atoms with van der Waals surface area (Å²) in [6.45, 7) is 7.72. The van der Waals surface area contributed by atoms with E-state index in [9.17, 15) is 0 Å². The molecule has 0 radical (unpaired) electrons. The van der Waals surface area contributed by atoms with E-state index in [0.717, 1.165) is 11.0 Å². The van der Waals surface area contributed by atoms with Gasteiger partial charge in [0.1, 0.15) is 0 Å². The van der Waals surface area contributed by atoms with Crippen LogP contribution in [0.25, 0.3) is 6.08 Å². The molecule has 0 unspecified atom stereocenters. The van der Waals surface area contributed by atoms with Crippen molar-refractivity contribution in [3.63, 3.8) is 0 Å². The molecule has 0 amide bonds. The molecule has 3 heteroatoms. The molecule has 22 heavy (non-hydrogen) atoms. The highest BCUT2D eigenvalue weighted by atomic mass is 79.9. The van der Waals surface area contributed by atoms with Gasteiger partial charge in [-0.3, -0.25) is 0 Å². The molecule has 1 aliphatic carbocycles. The summed E-state index contributed by atoms with van der Waals surface area (Å²) in [6, 6.07) is 9.78. The van der Waals surface area contributed by atoms with E-state index in [1.54, 1.807) is 0 Å². The highest BCUT2D eigenvalue weighted by Gasteiger charge is 2.23. The van der Waals surface area contributed by atoms with E-state index in [1.165, 1.54) is 31.2 Å². The molecule has 2 N–H and O–H groups in total. The van der Waals surface area contributed by atoms with Gasteiger partial charge in [0.05, 0.1) is 0 Å². The van der Waals surface area contributed by atoms with Gasteiger partial charge in [0.15, 0.2) is 0 Å². The summed E-state index contributed by atoms with van der Waals surface area (Å²) in [5, 5.41) is 7.39. The average molecular weight is 365 g/mol. The fourth-order valence-electron chi connectivity index (χ4n) is 3.06. The predicted octanol–water partition coefficient (Wildman–Crippen LogP) is 4.75. The lowest BCUT2D eigenvalue weighted by atomic mass is 9.89. The first kappa shape index (κ1) is 17.7. The Morgan fingerprint density at radius 3 is 2.23 bits per heavy atom. The minimum absolute atomic E-state index is 0.234. The van der Waals surface area contributed by atoms with Crippen LogP contribution in [0.3, 0.4) is 0 Å². The van der Waals surface area contributed by atoms with E-state index in [-0.39, 0.29) is 5.54 Å². The Balaban J connectivity index is 1.65. The summed E-state index contributed by atoms with van der Waals surface area (Å²) in [6.07, 6.45) is 9.53. The van der Waals surface area contributed by atoms with Crippen LogP contribution in [-0.4, -0.2) is 24.2 Å². The topological polar surface area (TPSA) is 24.1 Å². The molecular formula is C19H29BrN2. The molecule has 2 nitrogen and oxygen atoms in total. The monoisotopic (exact) mass is 364 g/mol. The van der Waals surface area contributed by atoms with Crippen LogP contribution in [0.1, 0.15) is 52.0 Å². The van der Waals surface area contributed by atoms with Gasteiger partial charge in [0.2, 0.25) is 0 Å². The summed E-state index contributed by atoms with van der Waals surface area (Å²) >= 11 is 3.46. The van der Waals surface area contributed by atoms with Crippen molar-refractivity contribution in [3.8, 4) is 0 Å². The molecule has 0 aromatic heterocycles. The molecule has 1 fully saturated rings. The summed E-state index contributed by atoms with van der Waals surface area (Å²) in [7, 11) is 0. The third-order valence-corrected chi connectivity index (χ3v) is 4.60. The molecule has 2 rings (SSSR count). The van der Waals surface area contributed by atoms with Crippen molar-refractivity contribution >= 4 is 22.0 Å². The fraction of sp³-hybridized carbons (Fsp3) is 0.579. The van der Waals surface area contributed by atoms with Crippen molar-refractivity contribution in [3.05, 3.63) is 40.4 Å². The lowest BCUT2D eigenvalue weighted by molar-refractivity contribution is 0.265. The molecule has 1 aromatic rings. The first-order valence-corrected chi connectivity index (χ1v) is 9.15. The van der Waals surface area contributed by atoms with Gasteiger partial charge in [0.25, 0.3) is 0 Å². The third-order valence-electron chi connectivity index (χ3n) is 4.07. The van der Waals surface area contributed by atoms with Crippen molar-refractivity contribution in [1.29, 1.82) is 0 Å². The maximum absolute atomic E-state index is 3.73. The lowest BCUT2D eigenvalue weighted by Crippen LogP contribution is -2.47. The number of rotatable bonds is 5. The second-order valence-electron chi connectivity index (χ2n) is 7.31. The Morgan fingerprint density at radius 1 is 1.05 bits per heavy atom. The first-order valence-electron chi connectivity index (χ1n) is 8.35. The maximum atomic E-state index is 3.73. The van der Waals surface area contributed by atoms with E-state index in [0.29, 0.717) is 12.1 Å². The van der Waals surface area contributed by atoms with E-state index >= 15 is 0 Å². The minimum Gasteiger partial charge on any atom is -0.311 e. The zero-order valence-electron chi connectivity index (χ0n) is 14.0. The van der Waals surface area contributed by atoms with E-state index in [2.05, 4.69) is 83.8 Å². The van der Waals surface area contributed by atoms with Crippen molar-refractivity contribution in [2.24, 2.45) is 0 Å². The van der Waals surface area contributed by atoms with Gasteiger partial charge < -0.3 is 10.6 Å². The quantitative estimate of drug-likeness (QED) is 0.787. The Bertz CT molecular complexity index is 465. The molecule has 0 bridgehead atoms. The first-order chi connectivity index (χ1) is 10.4. The zero-order chi connectivity index (χ0) is 16.0. The second-order valence-corrected chi connectivity index (χ2v) is 8.22. The normalized spacial score (nSPS) is 23.1. The highest BCUT2D eigenvalue weighted by Crippen LogP contribution is 2.20. The van der Waals surface area contributed by atoms with Gasteiger partial charge in [-0.1, -0.05) is 40.2 Å². The maximum Gasteiger partial charge on any atom is 0.0175 e. The standard InChI is InChI=1S/C19H29BrN2/c1-19(2,3)22-18-12-10-17(11-13-18)21-14-4-5-15-6-8-16(20)9-7-15/h4-9,17-18,21-22H,10-14H2,1-3H3/b5-4+. The largest absolute Gasteiger partial charge is 0.311 e. The summed E-state index contributed by atoms with van der Waals surface area (Å²) < 4.78 is 1.13. The molecule has 122 valence electrons. The van der Waals surface area contributed by atoms with Crippen LogP contribution in [0, 0.1) is 0 Å². The van der Waals surface area contributed by atoms with Crippen LogP contribution in [-0.2, 0) is 0 Å². The van der Waals surface area contributed by atoms with Crippen molar-refractivity contribution < 1.29 is 0 Å². The number of hydrogen-bond donors (Lipinski definition) is 2. The Morgan fingerprint density at radius 2 is 1.64 bits per heavy atom. The molecule has 1 saturated carbocycles. The Labute approximate surface area is 143 Å². The highest BCUT2D eigenvalue weighted by molar-refractivity contribution is 9.10. The van der Waals surface area contributed by atoms with Crippen LogP contribution in [0.2, 0.25) is 0 Å². The minimum atomic E-state index is 0.234. The number of benzene rings is 1. The summed E-state index contributed by atoms with van der Waals surface area (Å²) in [4.78, 5) is 0. The summed E-state index contributed by atoms with van der Waals surface area (Å²) in [5.41, 5.74) is 1.49.